The minimum atomic E-state index is -1.50. The fourth-order valence-electron chi connectivity index (χ4n) is 2.92. The fraction of sp³-hybridized carbons (Fsp3) is 0.579. The van der Waals surface area contributed by atoms with Crippen molar-refractivity contribution in [3.05, 3.63) is 23.9 Å². The van der Waals surface area contributed by atoms with E-state index in [1.807, 2.05) is 11.9 Å². The number of piperidine rings is 1. The Morgan fingerprint density at radius 3 is 2.72 bits per heavy atom. The SMILES string of the molecule is Cc1nn(C(C)(C)C#N)cc1Nc1ncc(F)c(OCC2(F)CCN(C)CC2)n1. The van der Waals surface area contributed by atoms with E-state index < -0.39 is 17.0 Å². The number of likely N-dealkylation sites (tertiary alicyclic amines) is 1. The van der Waals surface area contributed by atoms with E-state index in [4.69, 9.17) is 4.74 Å². The van der Waals surface area contributed by atoms with Gasteiger partial charge in [0, 0.05) is 13.1 Å². The molecule has 1 saturated heterocycles. The first-order chi connectivity index (χ1) is 13.6. The Morgan fingerprint density at radius 2 is 2.07 bits per heavy atom. The van der Waals surface area contributed by atoms with Gasteiger partial charge in [-0.05, 0) is 40.7 Å². The molecule has 0 spiro atoms. The third-order valence-electron chi connectivity index (χ3n) is 5.05. The highest BCUT2D eigenvalue weighted by Gasteiger charge is 2.35. The topological polar surface area (TPSA) is 91.9 Å². The van der Waals surface area contributed by atoms with Gasteiger partial charge in [0.15, 0.2) is 0 Å². The zero-order valence-electron chi connectivity index (χ0n) is 17.0. The van der Waals surface area contributed by atoms with Gasteiger partial charge in [0.1, 0.15) is 17.8 Å². The molecule has 3 rings (SSSR count). The third kappa shape index (κ3) is 4.79. The standard InChI is InChI=1S/C19H25F2N7O/c1-13-15(10-28(26-13)18(2,3)11-22)24-17-23-9-14(20)16(25-17)29-12-19(21)5-7-27(4)8-6-19/h9-10H,5-8,12H2,1-4H3,(H,23,24,25). The number of nitrogens with zero attached hydrogens (tertiary/aromatic N) is 6. The predicted octanol–water partition coefficient (Wildman–Crippen LogP) is 2.94. The molecular weight excluding hydrogens is 380 g/mol. The summed E-state index contributed by atoms with van der Waals surface area (Å²) in [4.78, 5) is 9.98. The molecule has 2 aromatic rings. The van der Waals surface area contributed by atoms with Gasteiger partial charge in [0.2, 0.25) is 11.8 Å². The summed E-state index contributed by atoms with van der Waals surface area (Å²) in [6.07, 6.45) is 3.28. The number of anilines is 2. The summed E-state index contributed by atoms with van der Waals surface area (Å²) in [5, 5.41) is 16.5. The lowest BCUT2D eigenvalue weighted by molar-refractivity contribution is 0.0217. The van der Waals surface area contributed by atoms with Crippen molar-refractivity contribution in [3.8, 4) is 11.9 Å². The van der Waals surface area contributed by atoms with Crippen molar-refractivity contribution < 1.29 is 13.5 Å². The van der Waals surface area contributed by atoms with Gasteiger partial charge in [-0.1, -0.05) is 0 Å². The van der Waals surface area contributed by atoms with Crippen molar-refractivity contribution in [1.82, 2.24) is 24.6 Å². The Bertz CT molecular complexity index is 914. The molecule has 3 heterocycles. The maximum absolute atomic E-state index is 14.8. The molecule has 0 aromatic carbocycles. The van der Waals surface area contributed by atoms with Crippen molar-refractivity contribution >= 4 is 11.6 Å². The molecule has 1 aliphatic heterocycles. The first-order valence-corrected chi connectivity index (χ1v) is 9.40. The minimum Gasteiger partial charge on any atom is -0.472 e. The van der Waals surface area contributed by atoms with Crippen LogP contribution in [-0.4, -0.2) is 57.1 Å². The van der Waals surface area contributed by atoms with Crippen LogP contribution < -0.4 is 10.1 Å². The van der Waals surface area contributed by atoms with E-state index in [9.17, 15) is 14.0 Å². The second kappa shape index (κ2) is 7.91. The molecular formula is C19H25F2N7O. The Hall–Kier alpha value is -2.80. The number of hydrogen-bond acceptors (Lipinski definition) is 7. The average molecular weight is 405 g/mol. The number of nitrogens with one attached hydrogen (secondary N) is 1. The molecule has 0 aliphatic carbocycles. The quantitative estimate of drug-likeness (QED) is 0.790. The molecule has 0 radical (unpaired) electrons. The number of aromatic nitrogens is 4. The number of aryl methyl sites for hydroxylation is 1. The summed E-state index contributed by atoms with van der Waals surface area (Å²) < 4.78 is 35.8. The molecule has 1 N–H and O–H groups in total. The molecule has 156 valence electrons. The van der Waals surface area contributed by atoms with E-state index in [0.29, 0.717) is 37.3 Å². The number of rotatable bonds is 6. The van der Waals surface area contributed by atoms with Gasteiger partial charge in [-0.25, -0.2) is 9.37 Å². The van der Waals surface area contributed by atoms with Crippen molar-refractivity contribution in [2.75, 3.05) is 32.1 Å². The van der Waals surface area contributed by atoms with Crippen molar-refractivity contribution in [2.45, 2.75) is 44.8 Å². The zero-order chi connectivity index (χ0) is 21.2. The van der Waals surface area contributed by atoms with Crippen molar-refractivity contribution in [2.24, 2.45) is 0 Å². The maximum atomic E-state index is 14.8. The van der Waals surface area contributed by atoms with E-state index >= 15 is 0 Å². The smallest absolute Gasteiger partial charge is 0.255 e. The third-order valence-corrected chi connectivity index (χ3v) is 5.05. The van der Waals surface area contributed by atoms with Crippen LogP contribution in [0.2, 0.25) is 0 Å². The Morgan fingerprint density at radius 1 is 1.38 bits per heavy atom. The molecule has 0 saturated carbocycles. The van der Waals surface area contributed by atoms with E-state index in [1.54, 1.807) is 27.0 Å². The highest BCUT2D eigenvalue weighted by atomic mass is 19.1. The summed E-state index contributed by atoms with van der Waals surface area (Å²) in [5.74, 6) is -0.971. The van der Waals surface area contributed by atoms with Crippen LogP contribution in [0.25, 0.3) is 0 Å². The van der Waals surface area contributed by atoms with Crippen LogP contribution in [0.3, 0.4) is 0 Å². The van der Waals surface area contributed by atoms with Crippen LogP contribution in [0.15, 0.2) is 12.4 Å². The molecule has 10 heteroatoms. The van der Waals surface area contributed by atoms with Gasteiger partial charge >= 0.3 is 0 Å². The summed E-state index contributed by atoms with van der Waals surface area (Å²) in [6, 6.07) is 2.17. The molecule has 0 bridgehead atoms. The molecule has 8 nitrogen and oxygen atoms in total. The molecule has 2 aromatic heterocycles. The van der Waals surface area contributed by atoms with Gasteiger partial charge in [0.25, 0.3) is 5.88 Å². The molecule has 1 aliphatic rings. The number of halogens is 2. The molecule has 0 atom stereocenters. The first-order valence-electron chi connectivity index (χ1n) is 9.40. The van der Waals surface area contributed by atoms with E-state index in [2.05, 4.69) is 26.5 Å². The van der Waals surface area contributed by atoms with Gasteiger partial charge in [-0.2, -0.15) is 19.7 Å². The number of ether oxygens (including phenoxy) is 1. The fourth-order valence-corrected chi connectivity index (χ4v) is 2.92. The first kappa shape index (κ1) is 20.9. The van der Waals surface area contributed by atoms with Crippen molar-refractivity contribution in [1.29, 1.82) is 5.26 Å². The predicted molar refractivity (Wildman–Crippen MR) is 103 cm³/mol. The Kier molecular flexibility index (Phi) is 5.71. The largest absolute Gasteiger partial charge is 0.472 e. The summed E-state index contributed by atoms with van der Waals surface area (Å²) in [7, 11) is 1.93. The molecule has 0 amide bonds. The van der Waals surface area contributed by atoms with Gasteiger partial charge in [0.05, 0.1) is 29.8 Å². The monoisotopic (exact) mass is 405 g/mol. The summed E-state index contributed by atoms with van der Waals surface area (Å²) in [5.41, 5.74) is -1.13. The second-order valence-corrected chi connectivity index (χ2v) is 7.96. The molecule has 0 unspecified atom stereocenters. The van der Waals surface area contributed by atoms with E-state index in [-0.39, 0.29) is 18.4 Å². The van der Waals surface area contributed by atoms with Gasteiger partial charge in [-0.3, -0.25) is 4.68 Å². The van der Waals surface area contributed by atoms with Gasteiger partial charge in [-0.15, -0.1) is 0 Å². The van der Waals surface area contributed by atoms with E-state index in [0.717, 1.165) is 6.20 Å². The highest BCUT2D eigenvalue weighted by molar-refractivity contribution is 5.55. The van der Waals surface area contributed by atoms with Gasteiger partial charge < -0.3 is 15.0 Å². The zero-order valence-corrected chi connectivity index (χ0v) is 17.0. The van der Waals surface area contributed by atoms with Crippen LogP contribution in [-0.2, 0) is 5.54 Å². The van der Waals surface area contributed by atoms with Crippen LogP contribution in [0.5, 0.6) is 5.88 Å². The van der Waals surface area contributed by atoms with Crippen LogP contribution in [0.1, 0.15) is 32.4 Å². The Balaban J connectivity index is 1.72. The minimum absolute atomic E-state index is 0.0927. The number of alkyl halides is 1. The molecule has 1 fully saturated rings. The number of hydrogen-bond donors (Lipinski definition) is 1. The summed E-state index contributed by atoms with van der Waals surface area (Å²) in [6.45, 7) is 6.23. The van der Waals surface area contributed by atoms with Crippen LogP contribution >= 0.6 is 0 Å². The number of nitriles is 1. The second-order valence-electron chi connectivity index (χ2n) is 7.96. The maximum Gasteiger partial charge on any atom is 0.255 e. The van der Waals surface area contributed by atoms with Crippen molar-refractivity contribution in [3.63, 3.8) is 0 Å². The highest BCUT2D eigenvalue weighted by Crippen LogP contribution is 2.28. The van der Waals surface area contributed by atoms with Crippen LogP contribution in [0, 0.1) is 24.1 Å². The average Bonchev–Trinajstić information content (AvgIpc) is 3.06. The summed E-state index contributed by atoms with van der Waals surface area (Å²) >= 11 is 0. The lowest BCUT2D eigenvalue weighted by Crippen LogP contribution is -2.43. The lowest BCUT2D eigenvalue weighted by atomic mass is 9.95. The molecule has 29 heavy (non-hydrogen) atoms. The van der Waals surface area contributed by atoms with E-state index in [1.165, 1.54) is 4.68 Å². The lowest BCUT2D eigenvalue weighted by Gasteiger charge is -2.33. The Labute approximate surface area is 168 Å². The van der Waals surface area contributed by atoms with Crippen LogP contribution in [0.4, 0.5) is 20.4 Å². The normalized spacial score (nSPS) is 17.0.